The molecule has 3 N–H and O–H groups in total. The van der Waals surface area contributed by atoms with Crippen LogP contribution in [-0.4, -0.2) is 12.5 Å². The molecular formula is C17H20N2O2. The molecule has 1 amide bonds. The monoisotopic (exact) mass is 284 g/mol. The predicted octanol–water partition coefficient (Wildman–Crippen LogP) is 3.21. The molecule has 0 fully saturated rings. The number of carbonyl (C=O) groups is 1. The molecule has 2 aromatic rings. The lowest BCUT2D eigenvalue weighted by Crippen LogP contribution is -2.21. The number of para-hydroxylation sites is 2. The van der Waals surface area contributed by atoms with E-state index in [1.54, 1.807) is 12.1 Å². The summed E-state index contributed by atoms with van der Waals surface area (Å²) in [5.41, 5.74) is 10.2. The molecule has 2 aromatic carbocycles. The molecule has 0 atom stereocenters. The molecular weight excluding hydrogens is 264 g/mol. The highest BCUT2D eigenvalue weighted by Gasteiger charge is 2.09. The van der Waals surface area contributed by atoms with Gasteiger partial charge in [0, 0.05) is 0 Å². The van der Waals surface area contributed by atoms with Crippen molar-refractivity contribution in [2.75, 3.05) is 17.7 Å². The normalized spacial score (nSPS) is 10.2. The highest BCUT2D eigenvalue weighted by molar-refractivity contribution is 5.94. The van der Waals surface area contributed by atoms with Crippen molar-refractivity contribution in [1.29, 1.82) is 0 Å². The third-order valence-electron chi connectivity index (χ3n) is 3.19. The van der Waals surface area contributed by atoms with Crippen LogP contribution in [0.15, 0.2) is 36.4 Å². The van der Waals surface area contributed by atoms with Gasteiger partial charge in [-0.25, -0.2) is 0 Å². The van der Waals surface area contributed by atoms with Gasteiger partial charge < -0.3 is 15.8 Å². The Kier molecular flexibility index (Phi) is 4.48. The standard InChI is InChI=1S/C17H20N2O2/c1-11-8-12(2)17(13(3)9-11)21-10-16(20)19-15-7-5-4-6-14(15)18/h4-9H,10,18H2,1-3H3,(H,19,20). The van der Waals surface area contributed by atoms with Crippen molar-refractivity contribution in [3.8, 4) is 5.75 Å². The number of ether oxygens (including phenoxy) is 1. The van der Waals surface area contributed by atoms with Crippen molar-refractivity contribution in [3.05, 3.63) is 53.1 Å². The van der Waals surface area contributed by atoms with Crippen LogP contribution < -0.4 is 15.8 Å². The van der Waals surface area contributed by atoms with Crippen LogP contribution >= 0.6 is 0 Å². The quantitative estimate of drug-likeness (QED) is 0.847. The van der Waals surface area contributed by atoms with Gasteiger partial charge >= 0.3 is 0 Å². The first kappa shape index (κ1) is 14.9. The predicted molar refractivity (Wildman–Crippen MR) is 85.6 cm³/mol. The molecule has 0 aliphatic carbocycles. The van der Waals surface area contributed by atoms with E-state index in [4.69, 9.17) is 10.5 Å². The Morgan fingerprint density at radius 1 is 1.14 bits per heavy atom. The van der Waals surface area contributed by atoms with Gasteiger partial charge in [-0.15, -0.1) is 0 Å². The molecule has 0 aliphatic rings. The van der Waals surface area contributed by atoms with E-state index in [1.165, 1.54) is 5.56 Å². The minimum absolute atomic E-state index is 0.0426. The number of nitrogens with one attached hydrogen (secondary N) is 1. The van der Waals surface area contributed by atoms with Crippen LogP contribution in [0.5, 0.6) is 5.75 Å². The zero-order chi connectivity index (χ0) is 15.4. The number of carbonyl (C=O) groups excluding carboxylic acids is 1. The van der Waals surface area contributed by atoms with E-state index in [9.17, 15) is 4.79 Å². The van der Waals surface area contributed by atoms with Gasteiger partial charge in [-0.1, -0.05) is 29.8 Å². The summed E-state index contributed by atoms with van der Waals surface area (Å²) in [7, 11) is 0. The van der Waals surface area contributed by atoms with Crippen LogP contribution in [0.2, 0.25) is 0 Å². The number of nitrogen functional groups attached to an aromatic ring is 1. The highest BCUT2D eigenvalue weighted by atomic mass is 16.5. The molecule has 21 heavy (non-hydrogen) atoms. The van der Waals surface area contributed by atoms with Crippen LogP contribution in [-0.2, 0) is 4.79 Å². The molecule has 0 radical (unpaired) electrons. The summed E-state index contributed by atoms with van der Waals surface area (Å²) in [6.07, 6.45) is 0. The zero-order valence-corrected chi connectivity index (χ0v) is 12.6. The Bertz CT molecular complexity index is 643. The minimum Gasteiger partial charge on any atom is -0.483 e. The summed E-state index contributed by atoms with van der Waals surface area (Å²) in [6, 6.07) is 11.2. The van der Waals surface area contributed by atoms with Gasteiger partial charge in [-0.05, 0) is 44.0 Å². The Balaban J connectivity index is 2.01. The van der Waals surface area contributed by atoms with Crippen molar-refractivity contribution in [2.45, 2.75) is 20.8 Å². The molecule has 0 spiro atoms. The number of benzene rings is 2. The van der Waals surface area contributed by atoms with Crippen LogP contribution in [0.25, 0.3) is 0 Å². The van der Waals surface area contributed by atoms with Crippen molar-refractivity contribution in [1.82, 2.24) is 0 Å². The fraction of sp³-hybridized carbons (Fsp3) is 0.235. The van der Waals surface area contributed by atoms with E-state index in [2.05, 4.69) is 5.32 Å². The lowest BCUT2D eigenvalue weighted by Gasteiger charge is -2.13. The Morgan fingerprint density at radius 2 is 1.76 bits per heavy atom. The number of aryl methyl sites for hydroxylation is 3. The van der Waals surface area contributed by atoms with Crippen molar-refractivity contribution in [3.63, 3.8) is 0 Å². The maximum Gasteiger partial charge on any atom is 0.262 e. The second-order valence-corrected chi connectivity index (χ2v) is 5.15. The number of amides is 1. The van der Waals surface area contributed by atoms with Gasteiger partial charge in [-0.3, -0.25) is 4.79 Å². The average Bonchev–Trinajstić information content (AvgIpc) is 2.40. The maximum absolute atomic E-state index is 11.9. The fourth-order valence-electron chi connectivity index (χ4n) is 2.33. The number of rotatable bonds is 4. The molecule has 0 bridgehead atoms. The number of hydrogen-bond acceptors (Lipinski definition) is 3. The molecule has 2 rings (SSSR count). The second-order valence-electron chi connectivity index (χ2n) is 5.15. The Labute approximate surface area is 124 Å². The summed E-state index contributed by atoms with van der Waals surface area (Å²) in [5, 5.41) is 2.74. The van der Waals surface area contributed by atoms with Crippen LogP contribution in [0.4, 0.5) is 11.4 Å². The van der Waals surface area contributed by atoms with E-state index in [1.807, 2.05) is 45.0 Å². The van der Waals surface area contributed by atoms with Crippen LogP contribution in [0, 0.1) is 20.8 Å². The van der Waals surface area contributed by atoms with E-state index < -0.39 is 0 Å². The number of hydrogen-bond donors (Lipinski definition) is 2. The molecule has 4 heteroatoms. The molecule has 4 nitrogen and oxygen atoms in total. The third kappa shape index (κ3) is 3.75. The van der Waals surface area contributed by atoms with Gasteiger partial charge in [0.25, 0.3) is 5.91 Å². The molecule has 0 heterocycles. The van der Waals surface area contributed by atoms with Crippen LogP contribution in [0.1, 0.15) is 16.7 Å². The molecule has 0 saturated heterocycles. The first-order valence-corrected chi connectivity index (χ1v) is 6.82. The first-order valence-electron chi connectivity index (χ1n) is 6.82. The maximum atomic E-state index is 11.9. The largest absolute Gasteiger partial charge is 0.483 e. The van der Waals surface area contributed by atoms with Crippen molar-refractivity contribution in [2.24, 2.45) is 0 Å². The lowest BCUT2D eigenvalue weighted by molar-refractivity contribution is -0.118. The SMILES string of the molecule is Cc1cc(C)c(OCC(=O)Nc2ccccc2N)c(C)c1. The molecule has 0 aromatic heterocycles. The summed E-state index contributed by atoms with van der Waals surface area (Å²) in [6.45, 7) is 5.94. The van der Waals surface area contributed by atoms with Gasteiger partial charge in [0.2, 0.25) is 0 Å². The molecule has 0 aliphatic heterocycles. The summed E-state index contributed by atoms with van der Waals surface area (Å²) in [4.78, 5) is 11.9. The Morgan fingerprint density at radius 3 is 2.38 bits per heavy atom. The topological polar surface area (TPSA) is 64.3 Å². The molecule has 0 saturated carbocycles. The fourth-order valence-corrected chi connectivity index (χ4v) is 2.33. The van der Waals surface area contributed by atoms with E-state index in [0.29, 0.717) is 11.4 Å². The summed E-state index contributed by atoms with van der Waals surface area (Å²) in [5.74, 6) is 0.532. The van der Waals surface area contributed by atoms with Gasteiger partial charge in [-0.2, -0.15) is 0 Å². The third-order valence-corrected chi connectivity index (χ3v) is 3.19. The first-order chi connectivity index (χ1) is 9.97. The van der Waals surface area contributed by atoms with Gasteiger partial charge in [0.05, 0.1) is 11.4 Å². The number of nitrogens with two attached hydrogens (primary N) is 1. The van der Waals surface area contributed by atoms with E-state index in [0.717, 1.165) is 16.9 Å². The summed E-state index contributed by atoms with van der Waals surface area (Å²) < 4.78 is 5.64. The second kappa shape index (κ2) is 6.31. The summed E-state index contributed by atoms with van der Waals surface area (Å²) >= 11 is 0. The van der Waals surface area contributed by atoms with E-state index >= 15 is 0 Å². The molecule has 0 unspecified atom stereocenters. The van der Waals surface area contributed by atoms with Crippen LogP contribution in [0.3, 0.4) is 0 Å². The van der Waals surface area contributed by atoms with Crippen molar-refractivity contribution < 1.29 is 9.53 Å². The van der Waals surface area contributed by atoms with E-state index in [-0.39, 0.29) is 12.5 Å². The molecule has 110 valence electrons. The van der Waals surface area contributed by atoms with Gasteiger partial charge in [0.15, 0.2) is 6.61 Å². The average molecular weight is 284 g/mol. The van der Waals surface area contributed by atoms with Gasteiger partial charge in [0.1, 0.15) is 5.75 Å². The van der Waals surface area contributed by atoms with Crippen molar-refractivity contribution >= 4 is 17.3 Å². The zero-order valence-electron chi connectivity index (χ0n) is 12.6. The highest BCUT2D eigenvalue weighted by Crippen LogP contribution is 2.24. The lowest BCUT2D eigenvalue weighted by atomic mass is 10.1. The minimum atomic E-state index is -0.229. The smallest absolute Gasteiger partial charge is 0.262 e. The Hall–Kier alpha value is -2.49. The number of anilines is 2.